The van der Waals surface area contributed by atoms with Gasteiger partial charge in [-0.05, 0) is 23.8 Å². The number of nitrogens with two attached hydrogens (primary N) is 1. The molecule has 2 rings (SSSR count). The number of fused-ring (bicyclic) bond motifs is 1. The third kappa shape index (κ3) is 3.13. The fraction of sp³-hybridized carbons (Fsp3) is 0.118. The van der Waals surface area contributed by atoms with Gasteiger partial charge in [-0.3, -0.25) is 4.79 Å². The molecule has 2 N–H and O–H groups in total. The van der Waals surface area contributed by atoms with Crippen molar-refractivity contribution >= 4 is 22.5 Å². The number of esters is 1. The van der Waals surface area contributed by atoms with Gasteiger partial charge in [0.25, 0.3) is 0 Å². The molecule has 0 bridgehead atoms. The Morgan fingerprint density at radius 3 is 2.55 bits per heavy atom. The molecule has 2 aromatic rings. The van der Waals surface area contributed by atoms with E-state index in [-0.39, 0.29) is 11.3 Å². The van der Waals surface area contributed by atoms with E-state index >= 15 is 0 Å². The van der Waals surface area contributed by atoms with Gasteiger partial charge in [0.05, 0.1) is 5.56 Å². The molecule has 2 aromatic carbocycles. The maximum absolute atomic E-state index is 12.1. The molecule has 0 heterocycles. The third-order valence-corrected chi connectivity index (χ3v) is 3.13. The zero-order valence-electron chi connectivity index (χ0n) is 12.0. The Morgan fingerprint density at radius 1 is 1.18 bits per heavy atom. The van der Waals surface area contributed by atoms with Gasteiger partial charge in [0.2, 0.25) is 5.78 Å². The van der Waals surface area contributed by atoms with Crippen LogP contribution in [0.3, 0.4) is 0 Å². The number of rotatable bonds is 4. The van der Waals surface area contributed by atoms with E-state index < -0.39 is 18.4 Å². The SMILES string of the molecule is CC(N)=C(C#N)C(=O)COC(=O)c1cccc2ccccc12. The van der Waals surface area contributed by atoms with Crippen molar-refractivity contribution in [2.24, 2.45) is 5.73 Å². The number of ether oxygens (including phenoxy) is 1. The second-order valence-electron chi connectivity index (χ2n) is 4.70. The maximum Gasteiger partial charge on any atom is 0.339 e. The highest BCUT2D eigenvalue weighted by atomic mass is 16.5. The standard InChI is InChI=1S/C17H14N2O3/c1-11(19)15(9-18)16(20)10-22-17(21)14-8-4-6-12-5-2-3-7-13(12)14/h2-8H,10,19H2,1H3. The number of allylic oxidation sites excluding steroid dienone is 1. The molecule has 0 radical (unpaired) electrons. The van der Waals surface area contributed by atoms with Crippen molar-refractivity contribution in [2.75, 3.05) is 6.61 Å². The number of carbonyl (C=O) groups is 2. The minimum atomic E-state index is -0.615. The van der Waals surface area contributed by atoms with E-state index in [1.165, 1.54) is 6.92 Å². The lowest BCUT2D eigenvalue weighted by Crippen LogP contribution is -2.17. The van der Waals surface area contributed by atoms with Gasteiger partial charge in [-0.2, -0.15) is 5.26 Å². The fourth-order valence-electron chi connectivity index (χ4n) is 2.05. The van der Waals surface area contributed by atoms with Crippen LogP contribution in [-0.2, 0) is 9.53 Å². The molecule has 0 aromatic heterocycles. The summed E-state index contributed by atoms with van der Waals surface area (Å²) in [5.41, 5.74) is 5.72. The predicted octanol–water partition coefficient (Wildman–Crippen LogP) is 2.32. The third-order valence-electron chi connectivity index (χ3n) is 3.13. The number of carbonyl (C=O) groups excluding carboxylic acids is 2. The summed E-state index contributed by atoms with van der Waals surface area (Å²) in [4.78, 5) is 23.9. The molecule has 5 nitrogen and oxygen atoms in total. The second-order valence-corrected chi connectivity index (χ2v) is 4.70. The Balaban J connectivity index is 2.18. The molecule has 0 atom stereocenters. The molecule has 0 aliphatic heterocycles. The number of nitriles is 1. The molecule has 110 valence electrons. The minimum absolute atomic E-state index is 0.105. The molecule has 0 saturated heterocycles. The highest BCUT2D eigenvalue weighted by Gasteiger charge is 2.16. The van der Waals surface area contributed by atoms with E-state index in [1.807, 2.05) is 24.3 Å². The molecule has 0 saturated carbocycles. The van der Waals surface area contributed by atoms with Crippen LogP contribution in [0.5, 0.6) is 0 Å². The van der Waals surface area contributed by atoms with E-state index in [9.17, 15) is 9.59 Å². The van der Waals surface area contributed by atoms with Crippen LogP contribution in [0.2, 0.25) is 0 Å². The second kappa shape index (κ2) is 6.55. The first-order chi connectivity index (χ1) is 10.5. The Kier molecular flexibility index (Phi) is 4.54. The molecule has 22 heavy (non-hydrogen) atoms. The molecule has 0 spiro atoms. The zero-order chi connectivity index (χ0) is 16.1. The number of hydrogen-bond donors (Lipinski definition) is 1. The molecule has 0 aliphatic carbocycles. The van der Waals surface area contributed by atoms with E-state index in [1.54, 1.807) is 24.3 Å². The Hall–Kier alpha value is -3.13. The summed E-state index contributed by atoms with van der Waals surface area (Å²) in [6, 6.07) is 14.3. The molecular formula is C17H14N2O3. The van der Waals surface area contributed by atoms with Crippen molar-refractivity contribution < 1.29 is 14.3 Å². The average Bonchev–Trinajstić information content (AvgIpc) is 2.52. The van der Waals surface area contributed by atoms with E-state index in [0.717, 1.165) is 10.8 Å². The number of Topliss-reactive ketones (excluding diaryl/α,β-unsaturated/α-hetero) is 1. The van der Waals surface area contributed by atoms with Crippen LogP contribution >= 0.6 is 0 Å². The van der Waals surface area contributed by atoms with Crippen molar-refractivity contribution in [1.29, 1.82) is 5.26 Å². The molecule has 5 heteroatoms. The summed E-state index contributed by atoms with van der Waals surface area (Å²) >= 11 is 0. The van der Waals surface area contributed by atoms with Gasteiger partial charge in [-0.25, -0.2) is 4.79 Å². The molecule has 0 amide bonds. The van der Waals surface area contributed by atoms with Gasteiger partial charge >= 0.3 is 5.97 Å². The highest BCUT2D eigenvalue weighted by molar-refractivity contribution is 6.06. The van der Waals surface area contributed by atoms with Crippen molar-refractivity contribution in [3.63, 3.8) is 0 Å². The zero-order valence-corrected chi connectivity index (χ0v) is 12.0. The normalized spacial score (nSPS) is 11.5. The van der Waals surface area contributed by atoms with Crippen molar-refractivity contribution in [2.45, 2.75) is 6.92 Å². The molecular weight excluding hydrogens is 280 g/mol. The maximum atomic E-state index is 12.1. The number of ketones is 1. The number of benzene rings is 2. The largest absolute Gasteiger partial charge is 0.454 e. The fourth-order valence-corrected chi connectivity index (χ4v) is 2.05. The number of hydrogen-bond acceptors (Lipinski definition) is 5. The van der Waals surface area contributed by atoms with E-state index in [4.69, 9.17) is 15.7 Å². The van der Waals surface area contributed by atoms with Crippen LogP contribution in [0.4, 0.5) is 0 Å². The lowest BCUT2D eigenvalue weighted by atomic mass is 10.0. The Bertz CT molecular complexity index is 807. The van der Waals surface area contributed by atoms with Gasteiger partial charge in [-0.1, -0.05) is 36.4 Å². The van der Waals surface area contributed by atoms with E-state index in [2.05, 4.69) is 0 Å². The Labute approximate surface area is 127 Å². The Morgan fingerprint density at radius 2 is 1.86 bits per heavy atom. The lowest BCUT2D eigenvalue weighted by Gasteiger charge is -2.07. The van der Waals surface area contributed by atoms with Crippen molar-refractivity contribution in [1.82, 2.24) is 0 Å². The average molecular weight is 294 g/mol. The quantitative estimate of drug-likeness (QED) is 0.530. The summed E-state index contributed by atoms with van der Waals surface area (Å²) in [7, 11) is 0. The molecule has 0 fully saturated rings. The first kappa shape index (κ1) is 15.3. The summed E-state index contributed by atoms with van der Waals surface area (Å²) in [5, 5.41) is 10.5. The monoisotopic (exact) mass is 294 g/mol. The smallest absolute Gasteiger partial charge is 0.339 e. The van der Waals surface area contributed by atoms with Crippen LogP contribution in [0.1, 0.15) is 17.3 Å². The van der Waals surface area contributed by atoms with Gasteiger partial charge in [0.15, 0.2) is 6.61 Å². The van der Waals surface area contributed by atoms with Crippen LogP contribution in [0, 0.1) is 11.3 Å². The van der Waals surface area contributed by atoms with Crippen LogP contribution in [0.15, 0.2) is 53.7 Å². The van der Waals surface area contributed by atoms with Crippen molar-refractivity contribution in [3.8, 4) is 6.07 Å². The van der Waals surface area contributed by atoms with Crippen LogP contribution in [0.25, 0.3) is 10.8 Å². The lowest BCUT2D eigenvalue weighted by molar-refractivity contribution is -0.118. The summed E-state index contributed by atoms with van der Waals surface area (Å²) in [6.45, 7) is 0.933. The first-order valence-electron chi connectivity index (χ1n) is 6.59. The van der Waals surface area contributed by atoms with Crippen molar-refractivity contribution in [3.05, 3.63) is 59.3 Å². The summed E-state index contributed by atoms with van der Waals surface area (Å²) in [6.07, 6.45) is 0. The minimum Gasteiger partial charge on any atom is -0.454 e. The van der Waals surface area contributed by atoms with Crippen LogP contribution in [-0.4, -0.2) is 18.4 Å². The summed E-state index contributed by atoms with van der Waals surface area (Å²) < 4.78 is 5.00. The summed E-state index contributed by atoms with van der Waals surface area (Å²) in [5.74, 6) is -1.23. The van der Waals surface area contributed by atoms with Gasteiger partial charge in [0, 0.05) is 5.70 Å². The van der Waals surface area contributed by atoms with Gasteiger partial charge in [0.1, 0.15) is 11.6 Å². The van der Waals surface area contributed by atoms with E-state index in [0.29, 0.717) is 5.56 Å². The predicted molar refractivity (Wildman–Crippen MR) is 81.7 cm³/mol. The number of nitrogens with zero attached hydrogens (tertiary/aromatic N) is 1. The first-order valence-corrected chi connectivity index (χ1v) is 6.59. The molecule has 0 unspecified atom stereocenters. The highest BCUT2D eigenvalue weighted by Crippen LogP contribution is 2.19. The topological polar surface area (TPSA) is 93.2 Å². The van der Waals surface area contributed by atoms with Gasteiger partial charge in [-0.15, -0.1) is 0 Å². The van der Waals surface area contributed by atoms with Crippen LogP contribution < -0.4 is 5.73 Å². The molecule has 0 aliphatic rings. The van der Waals surface area contributed by atoms with Gasteiger partial charge < -0.3 is 10.5 Å².